The molecule has 0 aliphatic carbocycles. The standard InChI is InChI=1S/C18H20N4O/c1-13-5-3-6-14(2)22(13)18(23)17-9-10-21(20-17)16-8-4-7-15(11-16)12-19/h4,7-11,13-14H,3,5-6H2,1-2H3. The minimum Gasteiger partial charge on any atom is -0.332 e. The summed E-state index contributed by atoms with van der Waals surface area (Å²) in [6.07, 6.45) is 5.02. The molecule has 0 spiro atoms. The first-order chi connectivity index (χ1) is 11.1. The number of rotatable bonds is 2. The van der Waals surface area contributed by atoms with Crippen molar-refractivity contribution in [3.63, 3.8) is 0 Å². The van der Waals surface area contributed by atoms with Crippen LogP contribution in [0.3, 0.4) is 0 Å². The second kappa shape index (κ2) is 6.25. The lowest BCUT2D eigenvalue weighted by molar-refractivity contribution is 0.0504. The molecule has 2 unspecified atom stereocenters. The molecule has 2 aromatic rings. The predicted molar refractivity (Wildman–Crippen MR) is 87.2 cm³/mol. The summed E-state index contributed by atoms with van der Waals surface area (Å²) in [5.41, 5.74) is 1.81. The van der Waals surface area contributed by atoms with Crippen molar-refractivity contribution in [2.24, 2.45) is 0 Å². The molecule has 1 aliphatic heterocycles. The molecule has 0 radical (unpaired) electrons. The molecule has 1 amide bonds. The van der Waals surface area contributed by atoms with Crippen LogP contribution in [0.2, 0.25) is 0 Å². The van der Waals surface area contributed by atoms with E-state index in [0.29, 0.717) is 11.3 Å². The Kier molecular flexibility index (Phi) is 4.16. The highest BCUT2D eigenvalue weighted by Crippen LogP contribution is 2.24. The maximum absolute atomic E-state index is 12.8. The molecule has 2 heterocycles. The number of aromatic nitrogens is 2. The Morgan fingerprint density at radius 1 is 1.26 bits per heavy atom. The van der Waals surface area contributed by atoms with Crippen LogP contribution in [0, 0.1) is 11.3 Å². The van der Waals surface area contributed by atoms with E-state index in [1.165, 1.54) is 6.42 Å². The van der Waals surface area contributed by atoms with Gasteiger partial charge in [-0.2, -0.15) is 10.4 Å². The smallest absolute Gasteiger partial charge is 0.274 e. The highest BCUT2D eigenvalue weighted by molar-refractivity contribution is 5.92. The molecule has 0 bridgehead atoms. The lowest BCUT2D eigenvalue weighted by atomic mass is 9.97. The Balaban J connectivity index is 1.86. The van der Waals surface area contributed by atoms with E-state index >= 15 is 0 Å². The van der Waals surface area contributed by atoms with Crippen molar-refractivity contribution < 1.29 is 4.79 Å². The molecular formula is C18H20N4O. The molecule has 1 aliphatic rings. The van der Waals surface area contributed by atoms with Crippen molar-refractivity contribution in [1.29, 1.82) is 5.26 Å². The number of hydrogen-bond acceptors (Lipinski definition) is 3. The Labute approximate surface area is 136 Å². The lowest BCUT2D eigenvalue weighted by Crippen LogP contribution is -2.47. The Morgan fingerprint density at radius 2 is 2.00 bits per heavy atom. The normalized spacial score (nSPS) is 21.0. The molecule has 3 rings (SSSR count). The van der Waals surface area contributed by atoms with Crippen LogP contribution in [-0.2, 0) is 0 Å². The molecule has 1 saturated heterocycles. The van der Waals surface area contributed by atoms with Crippen molar-refractivity contribution in [2.75, 3.05) is 0 Å². The second-order valence-electron chi connectivity index (χ2n) is 6.15. The number of likely N-dealkylation sites (tertiary alicyclic amines) is 1. The second-order valence-corrected chi connectivity index (χ2v) is 6.15. The number of nitriles is 1. The molecule has 1 aromatic heterocycles. The molecule has 0 N–H and O–H groups in total. The lowest BCUT2D eigenvalue weighted by Gasteiger charge is -2.38. The average molecular weight is 308 g/mol. The van der Waals surface area contributed by atoms with Gasteiger partial charge in [0.25, 0.3) is 5.91 Å². The van der Waals surface area contributed by atoms with E-state index in [0.717, 1.165) is 18.5 Å². The van der Waals surface area contributed by atoms with Crippen molar-refractivity contribution in [3.8, 4) is 11.8 Å². The van der Waals surface area contributed by atoms with Gasteiger partial charge in [0.1, 0.15) is 0 Å². The maximum Gasteiger partial charge on any atom is 0.274 e. The minimum absolute atomic E-state index is 0.0140. The van der Waals surface area contributed by atoms with Crippen LogP contribution in [0.25, 0.3) is 5.69 Å². The first-order valence-electron chi connectivity index (χ1n) is 7.99. The third-order valence-electron chi connectivity index (χ3n) is 4.48. The number of hydrogen-bond donors (Lipinski definition) is 0. The SMILES string of the molecule is CC1CCCC(C)N1C(=O)c1ccn(-c2cccc(C#N)c2)n1. The van der Waals surface area contributed by atoms with Crippen molar-refractivity contribution in [2.45, 2.75) is 45.2 Å². The number of carbonyl (C=O) groups is 1. The molecule has 2 atom stereocenters. The van der Waals surface area contributed by atoms with Crippen molar-refractivity contribution >= 4 is 5.91 Å². The van der Waals surface area contributed by atoms with E-state index in [-0.39, 0.29) is 18.0 Å². The molecule has 5 nitrogen and oxygen atoms in total. The van der Waals surface area contributed by atoms with Gasteiger partial charge in [-0.15, -0.1) is 0 Å². The van der Waals surface area contributed by atoms with Crippen LogP contribution < -0.4 is 0 Å². The fourth-order valence-corrected chi connectivity index (χ4v) is 3.25. The Hall–Kier alpha value is -2.61. The average Bonchev–Trinajstić information content (AvgIpc) is 3.04. The summed E-state index contributed by atoms with van der Waals surface area (Å²) >= 11 is 0. The minimum atomic E-state index is -0.0140. The van der Waals surface area contributed by atoms with E-state index in [2.05, 4.69) is 25.0 Å². The van der Waals surface area contributed by atoms with E-state index in [9.17, 15) is 4.79 Å². The summed E-state index contributed by atoms with van der Waals surface area (Å²) in [5.74, 6) is -0.0140. The topological polar surface area (TPSA) is 61.9 Å². The zero-order valence-electron chi connectivity index (χ0n) is 13.4. The van der Waals surface area contributed by atoms with Gasteiger partial charge in [-0.25, -0.2) is 4.68 Å². The van der Waals surface area contributed by atoms with Crippen LogP contribution in [0.5, 0.6) is 0 Å². The van der Waals surface area contributed by atoms with Crippen LogP contribution in [-0.4, -0.2) is 32.7 Å². The molecule has 23 heavy (non-hydrogen) atoms. The molecular weight excluding hydrogens is 288 g/mol. The fourth-order valence-electron chi connectivity index (χ4n) is 3.25. The molecule has 5 heteroatoms. The van der Waals surface area contributed by atoms with Crippen LogP contribution in [0.1, 0.15) is 49.2 Å². The summed E-state index contributed by atoms with van der Waals surface area (Å²) < 4.78 is 1.65. The summed E-state index contributed by atoms with van der Waals surface area (Å²) in [5, 5.41) is 13.4. The quantitative estimate of drug-likeness (QED) is 0.856. The molecule has 1 fully saturated rings. The largest absolute Gasteiger partial charge is 0.332 e. The van der Waals surface area contributed by atoms with E-state index in [1.54, 1.807) is 29.1 Å². The van der Waals surface area contributed by atoms with Crippen LogP contribution in [0.15, 0.2) is 36.5 Å². The van der Waals surface area contributed by atoms with Gasteiger partial charge in [0.2, 0.25) is 0 Å². The maximum atomic E-state index is 12.8. The molecule has 1 aromatic carbocycles. The Bertz CT molecular complexity index is 748. The number of carbonyl (C=O) groups excluding carboxylic acids is 1. The van der Waals surface area contributed by atoms with Gasteiger partial charge in [0, 0.05) is 18.3 Å². The molecule has 118 valence electrons. The number of nitrogens with zero attached hydrogens (tertiary/aromatic N) is 4. The van der Waals surface area contributed by atoms with Gasteiger partial charge in [0.05, 0.1) is 17.3 Å². The first-order valence-corrected chi connectivity index (χ1v) is 7.99. The van der Waals surface area contributed by atoms with Crippen LogP contribution in [0.4, 0.5) is 0 Å². The number of benzene rings is 1. The van der Waals surface area contributed by atoms with Crippen molar-refractivity contribution in [1.82, 2.24) is 14.7 Å². The van der Waals surface area contributed by atoms with Crippen molar-refractivity contribution in [3.05, 3.63) is 47.8 Å². The summed E-state index contributed by atoms with van der Waals surface area (Å²) in [6.45, 7) is 4.20. The van der Waals surface area contributed by atoms with Gasteiger partial charge in [-0.3, -0.25) is 4.79 Å². The third-order valence-corrected chi connectivity index (χ3v) is 4.48. The summed E-state index contributed by atoms with van der Waals surface area (Å²) in [7, 11) is 0. The third kappa shape index (κ3) is 2.98. The highest BCUT2D eigenvalue weighted by Gasteiger charge is 2.30. The fraction of sp³-hybridized carbons (Fsp3) is 0.389. The summed E-state index contributed by atoms with van der Waals surface area (Å²) in [6, 6.07) is 11.5. The van der Waals surface area contributed by atoms with E-state index in [1.807, 2.05) is 17.0 Å². The van der Waals surface area contributed by atoms with Gasteiger partial charge in [0.15, 0.2) is 5.69 Å². The van der Waals surface area contributed by atoms with E-state index in [4.69, 9.17) is 5.26 Å². The van der Waals surface area contributed by atoms with Crippen LogP contribution >= 0.6 is 0 Å². The zero-order chi connectivity index (χ0) is 16.4. The Morgan fingerprint density at radius 3 is 2.70 bits per heavy atom. The number of amides is 1. The predicted octanol–water partition coefficient (Wildman–Crippen LogP) is 3.15. The highest BCUT2D eigenvalue weighted by atomic mass is 16.2. The monoisotopic (exact) mass is 308 g/mol. The van der Waals surface area contributed by atoms with Gasteiger partial charge in [-0.05, 0) is 57.4 Å². The zero-order valence-corrected chi connectivity index (χ0v) is 13.4. The van der Waals surface area contributed by atoms with Gasteiger partial charge in [-0.1, -0.05) is 6.07 Å². The molecule has 0 saturated carbocycles. The van der Waals surface area contributed by atoms with Gasteiger partial charge >= 0.3 is 0 Å². The summed E-state index contributed by atoms with van der Waals surface area (Å²) in [4.78, 5) is 14.7. The van der Waals surface area contributed by atoms with Gasteiger partial charge < -0.3 is 4.90 Å². The van der Waals surface area contributed by atoms with E-state index < -0.39 is 0 Å². The first kappa shape index (κ1) is 15.3. The number of piperidine rings is 1.